The quantitative estimate of drug-likeness (QED) is 0.644. The standard InChI is InChI=1S/C21H28Si2/c1-17-11-9-10-14-19(17)21-20(15-16-22(21,2)3)23(4,5)18-12-7-6-8-13-18/h6-14H,15-16H2,1-5H3. The summed E-state index contributed by atoms with van der Waals surface area (Å²) >= 11 is 0. The molecule has 0 N–H and O–H groups in total. The fraction of sp³-hybridized carbons (Fsp3) is 0.333. The van der Waals surface area contributed by atoms with E-state index in [1.54, 1.807) is 10.4 Å². The predicted octanol–water partition coefficient (Wildman–Crippen LogP) is 5.55. The Kier molecular flexibility index (Phi) is 4.24. The maximum absolute atomic E-state index is 2.57. The molecule has 2 heteroatoms. The third-order valence-electron chi connectivity index (χ3n) is 5.64. The fourth-order valence-corrected chi connectivity index (χ4v) is 12.3. The van der Waals surface area contributed by atoms with Gasteiger partial charge in [0.1, 0.15) is 8.07 Å². The van der Waals surface area contributed by atoms with Crippen molar-refractivity contribution in [1.29, 1.82) is 0 Å². The Hall–Kier alpha value is -1.39. The van der Waals surface area contributed by atoms with Gasteiger partial charge >= 0.3 is 0 Å². The maximum Gasteiger partial charge on any atom is 0.107 e. The summed E-state index contributed by atoms with van der Waals surface area (Å²) in [5.41, 5.74) is 2.98. The molecule has 1 aliphatic heterocycles. The highest BCUT2D eigenvalue weighted by molar-refractivity contribution is 7.04. The van der Waals surface area contributed by atoms with Gasteiger partial charge < -0.3 is 0 Å². The van der Waals surface area contributed by atoms with Crippen molar-refractivity contribution < 1.29 is 0 Å². The van der Waals surface area contributed by atoms with E-state index in [9.17, 15) is 0 Å². The summed E-state index contributed by atoms with van der Waals surface area (Å²) in [6.45, 7) is 12.5. The summed E-state index contributed by atoms with van der Waals surface area (Å²) in [6, 6.07) is 21.7. The molecule has 0 radical (unpaired) electrons. The van der Waals surface area contributed by atoms with Gasteiger partial charge in [-0.05, 0) is 24.5 Å². The van der Waals surface area contributed by atoms with E-state index in [2.05, 4.69) is 87.7 Å². The van der Waals surface area contributed by atoms with Crippen molar-refractivity contribution in [2.75, 3.05) is 0 Å². The Morgan fingerprint density at radius 2 is 1.48 bits per heavy atom. The number of aryl methyl sites for hydroxylation is 1. The largest absolute Gasteiger partial charge is 0.107 e. The molecule has 0 unspecified atom stereocenters. The second-order valence-electron chi connectivity index (χ2n) is 8.04. The second-order valence-corrected chi connectivity index (χ2v) is 17.2. The molecule has 3 rings (SSSR count). The van der Waals surface area contributed by atoms with Crippen molar-refractivity contribution in [3.8, 4) is 0 Å². The average molecular weight is 337 g/mol. The molecule has 0 saturated heterocycles. The molecular formula is C21H28Si2. The van der Waals surface area contributed by atoms with Crippen LogP contribution in [0.2, 0.25) is 32.2 Å². The van der Waals surface area contributed by atoms with E-state index in [4.69, 9.17) is 0 Å². The van der Waals surface area contributed by atoms with Crippen LogP contribution in [0.1, 0.15) is 17.5 Å². The third-order valence-corrected chi connectivity index (χ3v) is 13.1. The number of hydrogen-bond acceptors (Lipinski definition) is 0. The highest BCUT2D eigenvalue weighted by Crippen LogP contribution is 2.45. The van der Waals surface area contributed by atoms with Gasteiger partial charge in [-0.3, -0.25) is 0 Å². The van der Waals surface area contributed by atoms with Crippen molar-refractivity contribution in [2.24, 2.45) is 0 Å². The summed E-state index contributed by atoms with van der Waals surface area (Å²) in [5.74, 6) is 0. The highest BCUT2D eigenvalue weighted by atomic mass is 28.3. The SMILES string of the molecule is Cc1ccccc1C1=C([Si](C)(C)c2ccccc2)CC[Si]1(C)C. The molecule has 1 aliphatic rings. The average Bonchev–Trinajstić information content (AvgIpc) is 2.85. The van der Waals surface area contributed by atoms with E-state index in [0.717, 1.165) is 0 Å². The number of hydrogen-bond donors (Lipinski definition) is 0. The molecule has 23 heavy (non-hydrogen) atoms. The van der Waals surface area contributed by atoms with Crippen LogP contribution in [0.5, 0.6) is 0 Å². The van der Waals surface area contributed by atoms with Crippen LogP contribution in [-0.2, 0) is 0 Å². The molecule has 0 nitrogen and oxygen atoms in total. The van der Waals surface area contributed by atoms with Crippen LogP contribution in [0.3, 0.4) is 0 Å². The smallest absolute Gasteiger partial charge is 0.0764 e. The lowest BCUT2D eigenvalue weighted by Gasteiger charge is -2.29. The van der Waals surface area contributed by atoms with Gasteiger partial charge in [-0.1, -0.05) is 102 Å². The van der Waals surface area contributed by atoms with Gasteiger partial charge in [0, 0.05) is 0 Å². The van der Waals surface area contributed by atoms with E-state index in [1.807, 2.05) is 5.20 Å². The van der Waals surface area contributed by atoms with E-state index in [-0.39, 0.29) is 0 Å². The summed E-state index contributed by atoms with van der Waals surface area (Å²) in [6.07, 6.45) is 1.32. The van der Waals surface area contributed by atoms with Crippen LogP contribution in [0.25, 0.3) is 5.20 Å². The second kappa shape index (κ2) is 5.92. The van der Waals surface area contributed by atoms with Crippen LogP contribution in [0, 0.1) is 6.92 Å². The molecule has 0 saturated carbocycles. The molecule has 0 bridgehead atoms. The Bertz CT molecular complexity index is 739. The zero-order valence-electron chi connectivity index (χ0n) is 15.1. The minimum absolute atomic E-state index is 1.32. The van der Waals surface area contributed by atoms with Gasteiger partial charge in [0.15, 0.2) is 0 Å². The highest BCUT2D eigenvalue weighted by Gasteiger charge is 2.42. The lowest BCUT2D eigenvalue weighted by Crippen LogP contribution is -2.44. The van der Waals surface area contributed by atoms with Crippen LogP contribution in [0.4, 0.5) is 0 Å². The van der Waals surface area contributed by atoms with Crippen LogP contribution >= 0.6 is 0 Å². The number of allylic oxidation sites excluding steroid dienone is 1. The predicted molar refractivity (Wildman–Crippen MR) is 109 cm³/mol. The maximum atomic E-state index is 2.57. The molecule has 0 fully saturated rings. The molecule has 1 heterocycles. The Morgan fingerprint density at radius 3 is 2.13 bits per heavy atom. The van der Waals surface area contributed by atoms with Gasteiger partial charge in [0.05, 0.1) is 8.07 Å². The van der Waals surface area contributed by atoms with Gasteiger partial charge in [-0.2, -0.15) is 0 Å². The molecule has 0 aromatic heterocycles. The topological polar surface area (TPSA) is 0 Å². The molecule has 2 aromatic rings. The third kappa shape index (κ3) is 2.90. The van der Waals surface area contributed by atoms with Gasteiger partial charge in [0.2, 0.25) is 0 Å². The van der Waals surface area contributed by atoms with E-state index < -0.39 is 16.1 Å². The van der Waals surface area contributed by atoms with Crippen molar-refractivity contribution in [3.05, 3.63) is 70.9 Å². The summed E-state index contributed by atoms with van der Waals surface area (Å²) in [7, 11) is -2.92. The number of rotatable bonds is 3. The molecule has 2 aromatic carbocycles. The molecular weight excluding hydrogens is 308 g/mol. The first-order valence-electron chi connectivity index (χ1n) is 8.70. The van der Waals surface area contributed by atoms with Gasteiger partial charge in [0.25, 0.3) is 0 Å². The summed E-state index contributed by atoms with van der Waals surface area (Å²) in [4.78, 5) is 0. The zero-order valence-corrected chi connectivity index (χ0v) is 17.1. The molecule has 0 aliphatic carbocycles. The Morgan fingerprint density at radius 1 is 0.870 bits per heavy atom. The van der Waals surface area contributed by atoms with E-state index >= 15 is 0 Å². The first kappa shape index (κ1) is 16.5. The van der Waals surface area contributed by atoms with E-state index in [1.165, 1.54) is 23.6 Å². The van der Waals surface area contributed by atoms with Crippen molar-refractivity contribution in [1.82, 2.24) is 0 Å². The minimum Gasteiger partial charge on any atom is -0.0764 e. The van der Waals surface area contributed by atoms with Crippen LogP contribution < -0.4 is 5.19 Å². The van der Waals surface area contributed by atoms with Gasteiger partial charge in [-0.25, -0.2) is 0 Å². The fourth-order valence-electron chi connectivity index (χ4n) is 4.13. The first-order valence-corrected chi connectivity index (χ1v) is 14.9. The minimum atomic E-state index is -1.59. The lowest BCUT2D eigenvalue weighted by atomic mass is 10.1. The van der Waals surface area contributed by atoms with E-state index in [0.29, 0.717) is 0 Å². The first-order chi connectivity index (χ1) is 10.8. The van der Waals surface area contributed by atoms with Gasteiger partial charge in [-0.15, -0.1) is 0 Å². The molecule has 0 amide bonds. The van der Waals surface area contributed by atoms with Crippen molar-refractivity contribution in [2.45, 2.75) is 45.6 Å². The number of benzene rings is 2. The molecule has 120 valence electrons. The summed E-state index contributed by atoms with van der Waals surface area (Å²) < 4.78 is 0. The lowest BCUT2D eigenvalue weighted by molar-refractivity contribution is 1.17. The normalized spacial score (nSPS) is 17.6. The zero-order chi connectivity index (χ0) is 16.7. The molecule has 0 spiro atoms. The van der Waals surface area contributed by atoms with Crippen LogP contribution in [-0.4, -0.2) is 16.1 Å². The van der Waals surface area contributed by atoms with Crippen molar-refractivity contribution in [3.63, 3.8) is 0 Å². The van der Waals surface area contributed by atoms with Crippen LogP contribution in [0.15, 0.2) is 59.8 Å². The molecule has 0 atom stereocenters. The Labute approximate surface area is 143 Å². The summed E-state index contributed by atoms with van der Waals surface area (Å²) in [5, 5.41) is 5.17. The monoisotopic (exact) mass is 336 g/mol. The Balaban J connectivity index is 2.22. The van der Waals surface area contributed by atoms with Crippen molar-refractivity contribution >= 4 is 26.5 Å².